The van der Waals surface area contributed by atoms with Crippen molar-refractivity contribution in [1.82, 2.24) is 0 Å². The van der Waals surface area contributed by atoms with Gasteiger partial charge in [0.25, 0.3) is 101 Å². The highest BCUT2D eigenvalue weighted by Gasteiger charge is 2.53. The maximum atomic E-state index is 15.6. The second-order valence-electron chi connectivity index (χ2n) is 20.9. The number of hydrogen-bond donors (Lipinski definition) is 8. The number of anilines is 10. The van der Waals surface area contributed by atoms with E-state index in [1.807, 2.05) is 0 Å². The highest BCUT2D eigenvalue weighted by Crippen LogP contribution is 2.62. The molecule has 0 unspecified atom stereocenters. The van der Waals surface area contributed by atoms with Gasteiger partial charge in [-0.1, -0.05) is 12.1 Å². The van der Waals surface area contributed by atoms with Crippen LogP contribution < -0.4 is 27.9 Å². The molecule has 484 valence electrons. The van der Waals surface area contributed by atoms with Crippen LogP contribution in [0.2, 0.25) is 0 Å². The zero-order chi connectivity index (χ0) is 67.8. The second kappa shape index (κ2) is 19.5. The van der Waals surface area contributed by atoms with Crippen LogP contribution in [0.15, 0.2) is 146 Å². The van der Waals surface area contributed by atoms with Crippen molar-refractivity contribution >= 4 is 185 Å². The highest BCUT2D eigenvalue weighted by molar-refractivity contribution is 7.96. The molecule has 0 saturated carbocycles. The predicted octanol–water partition coefficient (Wildman–Crippen LogP) is 5.71. The summed E-state index contributed by atoms with van der Waals surface area (Å²) in [6.45, 7) is 4.75. The summed E-state index contributed by atoms with van der Waals surface area (Å²) in [5, 5.41) is 0.294. The Morgan fingerprint density at radius 2 is 0.663 bits per heavy atom. The Kier molecular flexibility index (Phi) is 13.6. The van der Waals surface area contributed by atoms with E-state index < -0.39 is 234 Å². The number of aryl methyl sites for hydroxylation is 4. The minimum absolute atomic E-state index is 0.0368. The third-order valence-corrected chi connectivity index (χ3v) is 27.6. The monoisotopic (exact) mass is 1460 g/mol. The molecular formula is C49H36N6O27S10. The number of rotatable bonds is 12. The fraction of sp³-hybridized carbons (Fsp3) is 0.0816. The van der Waals surface area contributed by atoms with Crippen molar-refractivity contribution in [2.24, 2.45) is 0 Å². The van der Waals surface area contributed by atoms with Crippen LogP contribution in [0.1, 0.15) is 22.3 Å². The maximum Gasteiger partial charge on any atom is 0.323 e. The molecule has 8 bridgehead atoms. The van der Waals surface area contributed by atoms with Crippen LogP contribution in [0.5, 0.6) is 0 Å². The molecule has 4 heterocycles. The van der Waals surface area contributed by atoms with Crippen molar-refractivity contribution in [2.45, 2.75) is 76.6 Å². The summed E-state index contributed by atoms with van der Waals surface area (Å²) >= 11 is 0. The van der Waals surface area contributed by atoms with Crippen LogP contribution in [0.4, 0.5) is 61.7 Å². The highest BCUT2D eigenvalue weighted by atomic mass is 32.3. The van der Waals surface area contributed by atoms with Gasteiger partial charge >= 0.3 is 6.03 Å². The van der Waals surface area contributed by atoms with E-state index >= 15 is 21.6 Å². The molecule has 0 spiro atoms. The summed E-state index contributed by atoms with van der Waals surface area (Å²) in [6.07, 6.45) is 0. The Morgan fingerprint density at radius 3 is 0.946 bits per heavy atom. The van der Waals surface area contributed by atoms with E-state index in [1.165, 1.54) is 38.1 Å². The summed E-state index contributed by atoms with van der Waals surface area (Å²) in [5.74, 6) is 0. The van der Waals surface area contributed by atoms with Crippen LogP contribution in [0.25, 0.3) is 21.5 Å². The van der Waals surface area contributed by atoms with Crippen molar-refractivity contribution in [3.63, 3.8) is 0 Å². The molecule has 8 N–H and O–H groups in total. The zero-order valence-electron chi connectivity index (χ0n) is 45.9. The Bertz CT molecular complexity index is 5780. The average Bonchev–Trinajstić information content (AvgIpc) is 1.52. The first-order valence-corrected chi connectivity index (χ1v) is 39.3. The number of urea groups is 1. The largest absolute Gasteiger partial charge is 0.323 e. The first-order valence-electron chi connectivity index (χ1n) is 24.9. The number of carbonyl (C=O) groups excluding carboxylic acids is 1. The SMILES string of the molecule is Cc1ccc2cc1S(=O)(=O)N2c1c2c(NC(=O)Nc3cc(C)c4c(N5c6ccc(C)c(c6)S5(=O)=O)c3N(c3cc(S(=O)(=O)O)cc5cc(S(=O)(=O)O)cc(S(=O)(=O)O)c35)S4(=O)=O)cc(C)c1S(=O)(=O)N2c1cc(S(=O)(=O)O)cc2cc(S(=O)(=O)O)cc(S(=O)(=O)O)c12. The zero-order valence-corrected chi connectivity index (χ0v) is 54.0. The lowest BCUT2D eigenvalue weighted by molar-refractivity contribution is 0.262. The van der Waals surface area contributed by atoms with Gasteiger partial charge in [-0.2, -0.15) is 50.5 Å². The molecule has 43 heteroatoms. The molecule has 0 radical (unpaired) electrons. The number of nitrogens with zero attached hydrogens (tertiary/aromatic N) is 4. The number of fused-ring (bicyclic) bond motifs is 10. The summed E-state index contributed by atoms with van der Waals surface area (Å²) in [4.78, 5) is 3.78. The average molecular weight is 1460 g/mol. The van der Waals surface area contributed by atoms with Crippen LogP contribution in [0.3, 0.4) is 0 Å². The van der Waals surface area contributed by atoms with Gasteiger partial charge < -0.3 is 10.6 Å². The van der Waals surface area contributed by atoms with Crippen molar-refractivity contribution in [2.75, 3.05) is 27.9 Å². The smallest absolute Gasteiger partial charge is 0.306 e. The molecule has 0 aliphatic carbocycles. The molecule has 0 atom stereocenters. The molecule has 12 rings (SSSR count). The molecule has 8 aromatic carbocycles. The topological polar surface area (TPSA) is 517 Å². The van der Waals surface area contributed by atoms with Gasteiger partial charge in [-0.25, -0.2) is 55.7 Å². The molecule has 0 saturated heterocycles. The number of benzene rings is 8. The van der Waals surface area contributed by atoms with Gasteiger partial charge in [0.15, 0.2) is 0 Å². The lowest BCUT2D eigenvalue weighted by Crippen LogP contribution is -2.27. The number of amides is 2. The Labute approximate surface area is 521 Å². The van der Waals surface area contributed by atoms with Crippen LogP contribution in [0, 0.1) is 27.7 Å². The van der Waals surface area contributed by atoms with Gasteiger partial charge in [0.1, 0.15) is 42.3 Å². The fourth-order valence-electron chi connectivity index (χ4n) is 11.5. The number of nitrogens with one attached hydrogen (secondary N) is 2. The van der Waals surface area contributed by atoms with E-state index in [1.54, 1.807) is 0 Å². The van der Waals surface area contributed by atoms with E-state index in [0.29, 0.717) is 32.9 Å². The van der Waals surface area contributed by atoms with Crippen molar-refractivity contribution < 1.29 is 116 Å². The number of sulfonamides is 4. The van der Waals surface area contributed by atoms with Gasteiger partial charge in [0.05, 0.1) is 63.5 Å². The van der Waals surface area contributed by atoms with Gasteiger partial charge in [0.2, 0.25) is 0 Å². The first kappa shape index (κ1) is 64.1. The lowest BCUT2D eigenvalue weighted by Gasteiger charge is -2.26. The molecule has 4 aliphatic rings. The second-order valence-corrected chi connectivity index (χ2v) is 36.3. The van der Waals surface area contributed by atoms with Gasteiger partial charge in [-0.3, -0.25) is 27.3 Å². The molecule has 2 amide bonds. The molecule has 4 aliphatic heterocycles. The van der Waals surface area contributed by atoms with E-state index in [-0.39, 0.29) is 55.4 Å². The quantitative estimate of drug-likeness (QED) is 0.0679. The standard InChI is InChI=1S/C49H36N6O27S10/c1-21-5-7-27-15-37(21)83(57,58)52(27)45-43-33(9-23(3)47(45)85(61,62)54(43)35-17-29(87(65,66)67)11-25-13-31(89(71,72)73)19-39(41(25)35)91(77,78)79)50-49(56)51-34-10-24(4)48-46(53-28-8-6-22(2)38(16-28)84(53,59)60)44(34)55(86(48,63)64)36-18-30(88(68,69)70)12-26-14-32(90(74,75)76)20-40(42(26)36)92(80,81)82/h5-20H,1-4H3,(H2,50,51,56)(H,65,66,67)(H,68,69,70)(H,71,72,73)(H,74,75,76)(H,77,78,79)(H,80,81,82). The van der Waals surface area contributed by atoms with Gasteiger partial charge in [-0.05, 0) is 146 Å². The summed E-state index contributed by atoms with van der Waals surface area (Å²) in [6, 6.07) is 9.42. The van der Waals surface area contributed by atoms with Crippen LogP contribution in [-0.2, 0) is 101 Å². The van der Waals surface area contributed by atoms with E-state index in [4.69, 9.17) is 0 Å². The minimum atomic E-state index is -5.90. The maximum absolute atomic E-state index is 15.6. The molecular weight excluding hydrogens is 1430 g/mol. The fourth-order valence-corrected chi connectivity index (χ4v) is 22.7. The lowest BCUT2D eigenvalue weighted by atomic mass is 10.1. The predicted molar refractivity (Wildman–Crippen MR) is 321 cm³/mol. The third kappa shape index (κ3) is 9.50. The van der Waals surface area contributed by atoms with Crippen molar-refractivity contribution in [3.8, 4) is 0 Å². The normalized spacial score (nSPS) is 16.9. The summed E-state index contributed by atoms with van der Waals surface area (Å²) in [5.41, 5.74) is -9.97. The summed E-state index contributed by atoms with van der Waals surface area (Å²) < 4.78 is 341. The summed E-state index contributed by atoms with van der Waals surface area (Å²) in [7, 11) is -55.6. The minimum Gasteiger partial charge on any atom is -0.306 e. The van der Waals surface area contributed by atoms with E-state index in [0.717, 1.165) is 38.1 Å². The van der Waals surface area contributed by atoms with Crippen LogP contribution in [-0.4, -0.2) is 118 Å². The third-order valence-electron chi connectivity index (χ3n) is 15.0. The van der Waals surface area contributed by atoms with E-state index in [2.05, 4.69) is 10.6 Å². The Hall–Kier alpha value is -7.99. The molecule has 92 heavy (non-hydrogen) atoms. The molecule has 0 fully saturated rings. The van der Waals surface area contributed by atoms with Crippen molar-refractivity contribution in [1.29, 1.82) is 0 Å². The first-order chi connectivity index (χ1) is 42.0. The Morgan fingerprint density at radius 1 is 0.359 bits per heavy atom. The van der Waals surface area contributed by atoms with Crippen LogP contribution >= 0.6 is 0 Å². The molecule has 0 aromatic heterocycles. The molecule has 33 nitrogen and oxygen atoms in total. The number of hydrogen-bond acceptors (Lipinski definition) is 21. The molecule has 8 aromatic rings. The Balaban J connectivity index is 1.15. The number of carbonyl (C=O) groups is 1. The van der Waals surface area contributed by atoms with Gasteiger partial charge in [0, 0.05) is 10.8 Å². The van der Waals surface area contributed by atoms with E-state index in [9.17, 15) is 94.7 Å². The van der Waals surface area contributed by atoms with Crippen molar-refractivity contribution in [3.05, 3.63) is 119 Å². The van der Waals surface area contributed by atoms with Gasteiger partial charge in [-0.15, -0.1) is 0 Å².